The maximum atomic E-state index is 13.3. The fraction of sp³-hybridized carbons (Fsp3) is 0.273. The number of benzene rings is 1. The Labute approximate surface area is 97.8 Å². The second-order valence-electron chi connectivity index (χ2n) is 3.82. The lowest BCUT2D eigenvalue weighted by atomic mass is 9.94. The highest BCUT2D eigenvalue weighted by Crippen LogP contribution is 2.22. The van der Waals surface area contributed by atoms with Crippen molar-refractivity contribution in [1.82, 2.24) is 0 Å². The quantitative estimate of drug-likeness (QED) is 0.864. The molecule has 0 fully saturated rings. The Bertz CT molecular complexity index is 466. The summed E-state index contributed by atoms with van der Waals surface area (Å²) in [5, 5.41) is 11.4. The number of hydrogen-bond acceptors (Lipinski definition) is 2. The van der Waals surface area contributed by atoms with Crippen LogP contribution < -0.4 is 5.32 Å². The van der Waals surface area contributed by atoms with Crippen LogP contribution in [0.1, 0.15) is 13.8 Å². The summed E-state index contributed by atoms with van der Waals surface area (Å²) in [5.74, 6) is -1.16. The number of hydrogen-bond donors (Lipinski definition) is 1. The first-order valence-electron chi connectivity index (χ1n) is 4.54. The van der Waals surface area contributed by atoms with Crippen LogP contribution >= 0.6 is 11.6 Å². The van der Waals surface area contributed by atoms with E-state index in [1.807, 2.05) is 6.07 Å². The SMILES string of the molecule is CC(C)(C#N)C(=O)Nc1cc(Cl)ccc1F. The lowest BCUT2D eigenvalue weighted by molar-refractivity contribution is -0.121. The van der Waals surface area contributed by atoms with Gasteiger partial charge >= 0.3 is 0 Å². The van der Waals surface area contributed by atoms with Gasteiger partial charge in [-0.25, -0.2) is 4.39 Å². The molecule has 16 heavy (non-hydrogen) atoms. The average Bonchev–Trinajstić information content (AvgIpc) is 2.23. The Morgan fingerprint density at radius 3 is 2.75 bits per heavy atom. The lowest BCUT2D eigenvalue weighted by Gasteiger charge is -2.15. The molecule has 1 rings (SSSR count). The Morgan fingerprint density at radius 1 is 1.56 bits per heavy atom. The van der Waals surface area contributed by atoms with Gasteiger partial charge in [0.25, 0.3) is 0 Å². The highest BCUT2D eigenvalue weighted by Gasteiger charge is 2.27. The molecule has 0 spiro atoms. The van der Waals surface area contributed by atoms with Gasteiger partial charge in [-0.1, -0.05) is 11.6 Å². The molecule has 1 aromatic rings. The lowest BCUT2D eigenvalue weighted by Crippen LogP contribution is -2.29. The largest absolute Gasteiger partial charge is 0.322 e. The zero-order chi connectivity index (χ0) is 12.3. The zero-order valence-electron chi connectivity index (χ0n) is 8.84. The molecule has 0 heterocycles. The van der Waals surface area contributed by atoms with Gasteiger partial charge in [0.2, 0.25) is 5.91 Å². The molecule has 0 saturated carbocycles. The average molecular weight is 241 g/mol. The molecule has 1 amide bonds. The van der Waals surface area contributed by atoms with E-state index >= 15 is 0 Å². The van der Waals surface area contributed by atoms with Crippen molar-refractivity contribution < 1.29 is 9.18 Å². The van der Waals surface area contributed by atoms with E-state index in [0.29, 0.717) is 5.02 Å². The molecule has 0 aromatic heterocycles. The van der Waals surface area contributed by atoms with Crippen LogP contribution in [0.15, 0.2) is 18.2 Å². The molecule has 1 N–H and O–H groups in total. The molecule has 0 aliphatic rings. The molecule has 5 heteroatoms. The van der Waals surface area contributed by atoms with Crippen molar-refractivity contribution in [1.29, 1.82) is 5.26 Å². The Hall–Kier alpha value is -1.60. The molecule has 0 atom stereocenters. The Kier molecular flexibility index (Phi) is 3.51. The monoisotopic (exact) mass is 240 g/mol. The third-order valence-corrected chi connectivity index (χ3v) is 2.26. The Balaban J connectivity index is 2.94. The molecule has 1 aromatic carbocycles. The molecule has 3 nitrogen and oxygen atoms in total. The standard InChI is InChI=1S/C11H10ClFN2O/c1-11(2,6-14)10(16)15-9-5-7(12)3-4-8(9)13/h3-5H,1-2H3,(H,15,16). The first-order chi connectivity index (χ1) is 7.36. The predicted octanol–water partition coefficient (Wildman–Crippen LogP) is 2.97. The number of nitrogens with zero attached hydrogens (tertiary/aromatic N) is 1. The summed E-state index contributed by atoms with van der Waals surface area (Å²) >= 11 is 5.67. The van der Waals surface area contributed by atoms with Crippen molar-refractivity contribution in [2.45, 2.75) is 13.8 Å². The van der Waals surface area contributed by atoms with Crippen LogP contribution in [0.2, 0.25) is 5.02 Å². The van der Waals surface area contributed by atoms with Gasteiger partial charge in [-0.2, -0.15) is 5.26 Å². The van der Waals surface area contributed by atoms with E-state index in [1.165, 1.54) is 26.0 Å². The summed E-state index contributed by atoms with van der Waals surface area (Å²) in [6.45, 7) is 2.90. The third kappa shape index (κ3) is 2.71. The smallest absolute Gasteiger partial charge is 0.244 e. The van der Waals surface area contributed by atoms with Crippen molar-refractivity contribution in [3.05, 3.63) is 29.0 Å². The van der Waals surface area contributed by atoms with E-state index in [2.05, 4.69) is 5.32 Å². The first kappa shape index (κ1) is 12.5. The van der Waals surface area contributed by atoms with E-state index in [1.54, 1.807) is 0 Å². The highest BCUT2D eigenvalue weighted by molar-refractivity contribution is 6.30. The molecule has 0 aliphatic heterocycles. The molecule has 84 valence electrons. The van der Waals surface area contributed by atoms with Gasteiger partial charge in [-0.05, 0) is 32.0 Å². The molecule has 0 saturated heterocycles. The van der Waals surface area contributed by atoms with E-state index in [0.717, 1.165) is 6.07 Å². The molecule has 0 radical (unpaired) electrons. The van der Waals surface area contributed by atoms with Crippen LogP contribution in [0.5, 0.6) is 0 Å². The third-order valence-electron chi connectivity index (χ3n) is 2.02. The summed E-state index contributed by atoms with van der Waals surface area (Å²) < 4.78 is 13.3. The van der Waals surface area contributed by atoms with Crippen LogP contribution in [0.3, 0.4) is 0 Å². The van der Waals surface area contributed by atoms with E-state index in [-0.39, 0.29) is 5.69 Å². The first-order valence-corrected chi connectivity index (χ1v) is 4.92. The fourth-order valence-corrected chi connectivity index (χ4v) is 1.09. The number of anilines is 1. The van der Waals surface area contributed by atoms with Gasteiger partial charge < -0.3 is 5.32 Å². The molecule has 0 aliphatic carbocycles. The Morgan fingerprint density at radius 2 is 2.19 bits per heavy atom. The molecular weight excluding hydrogens is 231 g/mol. The fourth-order valence-electron chi connectivity index (χ4n) is 0.923. The van der Waals surface area contributed by atoms with Crippen molar-refractivity contribution in [3.8, 4) is 6.07 Å². The minimum atomic E-state index is -1.21. The summed E-state index contributed by atoms with van der Waals surface area (Å²) in [6, 6.07) is 5.65. The number of carbonyl (C=O) groups excluding carboxylic acids is 1. The van der Waals surface area contributed by atoms with Gasteiger partial charge in [0.05, 0.1) is 11.8 Å². The van der Waals surface area contributed by atoms with Gasteiger partial charge in [0, 0.05) is 5.02 Å². The van der Waals surface area contributed by atoms with Crippen molar-refractivity contribution >= 4 is 23.2 Å². The van der Waals surface area contributed by atoms with Crippen LogP contribution in [0, 0.1) is 22.6 Å². The van der Waals surface area contributed by atoms with Gasteiger partial charge in [0.15, 0.2) is 0 Å². The van der Waals surface area contributed by atoms with Crippen LogP contribution in [-0.2, 0) is 4.79 Å². The van der Waals surface area contributed by atoms with Gasteiger partial charge in [-0.15, -0.1) is 0 Å². The van der Waals surface area contributed by atoms with Crippen LogP contribution in [0.4, 0.5) is 10.1 Å². The number of rotatable bonds is 2. The van der Waals surface area contributed by atoms with E-state index in [9.17, 15) is 9.18 Å². The van der Waals surface area contributed by atoms with Crippen molar-refractivity contribution in [2.75, 3.05) is 5.32 Å². The number of amides is 1. The summed E-state index contributed by atoms with van der Waals surface area (Å²) in [7, 11) is 0. The molecular formula is C11H10ClFN2O. The minimum Gasteiger partial charge on any atom is -0.322 e. The zero-order valence-corrected chi connectivity index (χ0v) is 9.60. The maximum Gasteiger partial charge on any atom is 0.244 e. The number of halogens is 2. The number of carbonyl (C=O) groups is 1. The van der Waals surface area contributed by atoms with Gasteiger partial charge in [-0.3, -0.25) is 4.79 Å². The second kappa shape index (κ2) is 4.50. The summed E-state index contributed by atoms with van der Waals surface area (Å²) in [5.41, 5.74) is -1.24. The summed E-state index contributed by atoms with van der Waals surface area (Å²) in [4.78, 5) is 11.6. The van der Waals surface area contributed by atoms with Crippen molar-refractivity contribution in [3.63, 3.8) is 0 Å². The van der Waals surface area contributed by atoms with Gasteiger partial charge in [0.1, 0.15) is 11.2 Å². The predicted molar refractivity (Wildman–Crippen MR) is 59.4 cm³/mol. The highest BCUT2D eigenvalue weighted by atomic mass is 35.5. The maximum absolute atomic E-state index is 13.3. The normalized spacial score (nSPS) is 10.7. The molecule has 0 unspecified atom stereocenters. The minimum absolute atomic E-state index is 0.0270. The number of nitrogens with one attached hydrogen (secondary N) is 1. The van der Waals surface area contributed by atoms with Crippen molar-refractivity contribution in [2.24, 2.45) is 5.41 Å². The number of nitriles is 1. The summed E-state index contributed by atoms with van der Waals surface area (Å²) in [6.07, 6.45) is 0. The molecule has 0 bridgehead atoms. The van der Waals surface area contributed by atoms with Crippen LogP contribution in [0.25, 0.3) is 0 Å². The topological polar surface area (TPSA) is 52.9 Å². The van der Waals surface area contributed by atoms with E-state index in [4.69, 9.17) is 16.9 Å². The second-order valence-corrected chi connectivity index (χ2v) is 4.25. The van der Waals surface area contributed by atoms with E-state index < -0.39 is 17.1 Å². The van der Waals surface area contributed by atoms with Crippen LogP contribution in [-0.4, -0.2) is 5.91 Å².